The van der Waals surface area contributed by atoms with Gasteiger partial charge in [-0.25, -0.2) is 4.98 Å². The third kappa shape index (κ3) is 3.00. The first-order valence-electron chi connectivity index (χ1n) is 6.15. The molecule has 0 bridgehead atoms. The smallest absolute Gasteiger partial charge is 0.111 e. The van der Waals surface area contributed by atoms with E-state index in [1.165, 1.54) is 0 Å². The highest BCUT2D eigenvalue weighted by atomic mass is 79.9. The normalized spacial score (nSPS) is 12.6. The molecule has 1 N–H and O–H groups in total. The van der Waals surface area contributed by atoms with Crippen LogP contribution in [0.1, 0.15) is 30.8 Å². The Hall–Kier alpha value is -1.13. The van der Waals surface area contributed by atoms with Crippen molar-refractivity contribution in [1.82, 2.24) is 9.55 Å². The molecule has 0 aliphatic rings. The summed E-state index contributed by atoms with van der Waals surface area (Å²) in [6.45, 7) is 3.08. The molecular formula is C14H17BrN2O. The highest BCUT2D eigenvalue weighted by Gasteiger charge is 2.14. The number of aliphatic hydroxyl groups excluding tert-OH is 1. The van der Waals surface area contributed by atoms with Crippen LogP contribution in [-0.2, 0) is 13.0 Å². The Kier molecular flexibility index (Phi) is 4.55. The Morgan fingerprint density at radius 2 is 2.17 bits per heavy atom. The summed E-state index contributed by atoms with van der Waals surface area (Å²) >= 11 is 3.46. The molecule has 0 amide bonds. The molecule has 2 aromatic rings. The Morgan fingerprint density at radius 3 is 2.89 bits per heavy atom. The molecule has 1 unspecified atom stereocenters. The maximum Gasteiger partial charge on any atom is 0.111 e. The van der Waals surface area contributed by atoms with Crippen LogP contribution in [0.4, 0.5) is 0 Å². The lowest BCUT2D eigenvalue weighted by atomic mass is 10.1. The van der Waals surface area contributed by atoms with Crippen molar-refractivity contribution in [3.63, 3.8) is 0 Å². The van der Waals surface area contributed by atoms with E-state index >= 15 is 0 Å². The third-order valence-electron chi connectivity index (χ3n) is 2.91. The van der Waals surface area contributed by atoms with Gasteiger partial charge in [-0.3, -0.25) is 0 Å². The summed E-state index contributed by atoms with van der Waals surface area (Å²) in [5, 5.41) is 10.3. The second-order valence-corrected chi connectivity index (χ2v) is 5.13. The number of hydrogen-bond acceptors (Lipinski definition) is 2. The summed E-state index contributed by atoms with van der Waals surface area (Å²) in [5.74, 6) is 0.931. The molecule has 1 atom stereocenters. The van der Waals surface area contributed by atoms with Gasteiger partial charge in [-0.05, 0) is 18.1 Å². The van der Waals surface area contributed by atoms with Gasteiger partial charge in [0, 0.05) is 29.8 Å². The van der Waals surface area contributed by atoms with Crippen LogP contribution in [0.2, 0.25) is 0 Å². The van der Waals surface area contributed by atoms with E-state index < -0.39 is 6.10 Å². The van der Waals surface area contributed by atoms with Crippen molar-refractivity contribution in [2.45, 2.75) is 32.4 Å². The van der Waals surface area contributed by atoms with Crippen LogP contribution in [0.5, 0.6) is 0 Å². The van der Waals surface area contributed by atoms with Gasteiger partial charge < -0.3 is 9.67 Å². The number of imidazole rings is 1. The summed E-state index contributed by atoms with van der Waals surface area (Å²) < 4.78 is 3.03. The van der Waals surface area contributed by atoms with Gasteiger partial charge in [0.15, 0.2) is 0 Å². The van der Waals surface area contributed by atoms with E-state index in [4.69, 9.17) is 0 Å². The van der Waals surface area contributed by atoms with Gasteiger partial charge in [0.2, 0.25) is 0 Å². The van der Waals surface area contributed by atoms with Crippen LogP contribution in [0, 0.1) is 0 Å². The first kappa shape index (κ1) is 13.3. The van der Waals surface area contributed by atoms with Crippen LogP contribution >= 0.6 is 15.9 Å². The molecule has 0 radical (unpaired) electrons. The zero-order valence-corrected chi connectivity index (χ0v) is 12.0. The molecule has 0 aliphatic carbocycles. The molecule has 0 aliphatic heterocycles. The lowest BCUT2D eigenvalue weighted by Crippen LogP contribution is -2.09. The van der Waals surface area contributed by atoms with E-state index in [0.29, 0.717) is 6.42 Å². The predicted octanol–water partition coefficient (Wildman–Crippen LogP) is 3.33. The van der Waals surface area contributed by atoms with Gasteiger partial charge in [-0.1, -0.05) is 41.1 Å². The van der Waals surface area contributed by atoms with Crippen molar-refractivity contribution in [2.24, 2.45) is 0 Å². The largest absolute Gasteiger partial charge is 0.388 e. The summed E-state index contributed by atoms with van der Waals surface area (Å²) in [6.07, 6.45) is 4.83. The SMILES string of the molecule is CCCn1ccnc1CC(O)c1ccccc1Br. The highest BCUT2D eigenvalue weighted by Crippen LogP contribution is 2.25. The number of halogens is 1. The second-order valence-electron chi connectivity index (χ2n) is 4.28. The van der Waals surface area contributed by atoms with Gasteiger partial charge >= 0.3 is 0 Å². The van der Waals surface area contributed by atoms with Gasteiger partial charge in [0.05, 0.1) is 6.10 Å². The molecule has 0 saturated carbocycles. The molecule has 4 heteroatoms. The second kappa shape index (κ2) is 6.16. The number of aliphatic hydroxyl groups is 1. The molecule has 1 aromatic carbocycles. The van der Waals surface area contributed by atoms with Crippen molar-refractivity contribution in [1.29, 1.82) is 0 Å². The molecule has 1 aromatic heterocycles. The molecule has 2 rings (SSSR count). The summed E-state index contributed by atoms with van der Waals surface area (Å²) in [4.78, 5) is 4.32. The fraction of sp³-hybridized carbons (Fsp3) is 0.357. The number of nitrogens with zero attached hydrogens (tertiary/aromatic N) is 2. The van der Waals surface area contributed by atoms with Crippen molar-refractivity contribution < 1.29 is 5.11 Å². The van der Waals surface area contributed by atoms with Crippen LogP contribution < -0.4 is 0 Å². The minimum atomic E-state index is -0.529. The van der Waals surface area contributed by atoms with E-state index in [9.17, 15) is 5.11 Å². The Morgan fingerprint density at radius 1 is 1.39 bits per heavy atom. The summed E-state index contributed by atoms with van der Waals surface area (Å²) in [5.41, 5.74) is 0.906. The number of hydrogen-bond donors (Lipinski definition) is 1. The fourth-order valence-corrected chi connectivity index (χ4v) is 2.55. The van der Waals surface area contributed by atoms with Gasteiger partial charge in [0.25, 0.3) is 0 Å². The maximum absolute atomic E-state index is 10.3. The molecular weight excluding hydrogens is 292 g/mol. The number of aromatic nitrogens is 2. The van der Waals surface area contributed by atoms with Crippen molar-refractivity contribution in [3.8, 4) is 0 Å². The fourth-order valence-electron chi connectivity index (χ4n) is 2.00. The average Bonchev–Trinajstić information content (AvgIpc) is 2.78. The zero-order chi connectivity index (χ0) is 13.0. The van der Waals surface area contributed by atoms with E-state index in [-0.39, 0.29) is 0 Å². The first-order chi connectivity index (χ1) is 8.72. The molecule has 18 heavy (non-hydrogen) atoms. The topological polar surface area (TPSA) is 38.0 Å². The van der Waals surface area contributed by atoms with Crippen molar-refractivity contribution >= 4 is 15.9 Å². The summed E-state index contributed by atoms with van der Waals surface area (Å²) in [6, 6.07) is 7.75. The van der Waals surface area contributed by atoms with E-state index in [1.54, 1.807) is 6.20 Å². The number of rotatable bonds is 5. The Labute approximate surface area is 116 Å². The quantitative estimate of drug-likeness (QED) is 0.920. The highest BCUT2D eigenvalue weighted by molar-refractivity contribution is 9.10. The molecule has 1 heterocycles. The monoisotopic (exact) mass is 308 g/mol. The molecule has 0 fully saturated rings. The lowest BCUT2D eigenvalue weighted by molar-refractivity contribution is 0.173. The minimum absolute atomic E-state index is 0.529. The maximum atomic E-state index is 10.3. The molecule has 96 valence electrons. The third-order valence-corrected chi connectivity index (χ3v) is 3.63. The van der Waals surface area contributed by atoms with Gasteiger partial charge in [0.1, 0.15) is 5.82 Å². The van der Waals surface area contributed by atoms with Crippen LogP contribution in [0.25, 0.3) is 0 Å². The van der Waals surface area contributed by atoms with Crippen LogP contribution in [0.15, 0.2) is 41.1 Å². The Balaban J connectivity index is 2.14. The van der Waals surface area contributed by atoms with Gasteiger partial charge in [-0.2, -0.15) is 0 Å². The molecule has 0 spiro atoms. The van der Waals surface area contributed by atoms with E-state index in [1.807, 2.05) is 30.5 Å². The predicted molar refractivity (Wildman–Crippen MR) is 75.3 cm³/mol. The zero-order valence-electron chi connectivity index (χ0n) is 10.4. The van der Waals surface area contributed by atoms with Crippen LogP contribution in [0.3, 0.4) is 0 Å². The number of benzene rings is 1. The van der Waals surface area contributed by atoms with Gasteiger partial charge in [-0.15, -0.1) is 0 Å². The molecule has 3 nitrogen and oxygen atoms in total. The standard InChI is InChI=1S/C14H17BrN2O/c1-2-8-17-9-7-16-14(17)10-13(18)11-5-3-4-6-12(11)15/h3-7,9,13,18H,2,8,10H2,1H3. The lowest BCUT2D eigenvalue weighted by Gasteiger charge is -2.13. The van der Waals surface area contributed by atoms with Crippen molar-refractivity contribution in [2.75, 3.05) is 0 Å². The average molecular weight is 309 g/mol. The minimum Gasteiger partial charge on any atom is -0.388 e. The van der Waals surface area contributed by atoms with Crippen LogP contribution in [-0.4, -0.2) is 14.7 Å². The summed E-state index contributed by atoms with van der Waals surface area (Å²) in [7, 11) is 0. The molecule has 0 saturated heterocycles. The van der Waals surface area contributed by atoms with E-state index in [2.05, 4.69) is 32.4 Å². The van der Waals surface area contributed by atoms with Crippen molar-refractivity contribution in [3.05, 3.63) is 52.5 Å². The van der Waals surface area contributed by atoms with E-state index in [0.717, 1.165) is 28.8 Å². The number of aryl methyl sites for hydroxylation is 1. The Bertz CT molecular complexity index is 510. The first-order valence-corrected chi connectivity index (χ1v) is 6.94.